The van der Waals surface area contributed by atoms with Crippen molar-refractivity contribution in [1.29, 1.82) is 0 Å². The second-order valence-corrected chi connectivity index (χ2v) is 5.36. The maximum Gasteiger partial charge on any atom is 0.452 e. The monoisotopic (exact) mass is 294 g/mol. The molecule has 1 fully saturated rings. The van der Waals surface area contributed by atoms with Crippen molar-refractivity contribution >= 4 is 16.7 Å². The number of halogens is 3. The van der Waals surface area contributed by atoms with Crippen molar-refractivity contribution in [3.05, 3.63) is 5.82 Å². The molecule has 1 N–H and O–H groups in total. The molecule has 0 radical (unpaired) electrons. The zero-order valence-corrected chi connectivity index (χ0v) is 11.5. The first-order valence-corrected chi connectivity index (χ1v) is 7.12. The van der Waals surface area contributed by atoms with Crippen LogP contribution in [0.5, 0.6) is 0 Å². The third-order valence-electron chi connectivity index (χ3n) is 3.27. The molecular formula is C11H17F3N4S. The van der Waals surface area contributed by atoms with Gasteiger partial charge in [-0.25, -0.2) is 0 Å². The average Bonchev–Trinajstić information content (AvgIpc) is 2.86. The van der Waals surface area contributed by atoms with Crippen LogP contribution in [-0.4, -0.2) is 35.5 Å². The molecule has 1 unspecified atom stereocenters. The Morgan fingerprint density at radius 2 is 2.21 bits per heavy atom. The van der Waals surface area contributed by atoms with Crippen molar-refractivity contribution < 1.29 is 13.2 Å². The van der Waals surface area contributed by atoms with Gasteiger partial charge >= 0.3 is 6.18 Å². The van der Waals surface area contributed by atoms with E-state index in [2.05, 4.69) is 14.7 Å². The molecule has 0 aromatic carbocycles. The molecule has 1 aromatic heterocycles. The molecule has 0 saturated carbocycles. The summed E-state index contributed by atoms with van der Waals surface area (Å²) in [6.07, 6.45) is -0.419. The van der Waals surface area contributed by atoms with Crippen LogP contribution in [0.25, 0.3) is 0 Å². The van der Waals surface area contributed by atoms with Crippen LogP contribution in [0.2, 0.25) is 0 Å². The maximum absolute atomic E-state index is 12.5. The fourth-order valence-corrected chi connectivity index (χ4v) is 3.10. The fourth-order valence-electron chi connectivity index (χ4n) is 2.31. The van der Waals surface area contributed by atoms with Crippen LogP contribution >= 0.6 is 11.5 Å². The van der Waals surface area contributed by atoms with Crippen LogP contribution < -0.4 is 10.2 Å². The van der Waals surface area contributed by atoms with E-state index in [1.54, 1.807) is 0 Å². The van der Waals surface area contributed by atoms with Crippen molar-refractivity contribution in [3.8, 4) is 0 Å². The lowest BCUT2D eigenvalue weighted by Crippen LogP contribution is -2.41. The molecule has 1 aliphatic heterocycles. The number of piperidine rings is 1. The Morgan fingerprint density at radius 1 is 1.42 bits per heavy atom. The molecule has 1 aliphatic rings. The predicted octanol–water partition coefficient (Wildman–Crippen LogP) is 2.53. The summed E-state index contributed by atoms with van der Waals surface area (Å²) in [4.78, 5) is 5.63. The molecule has 1 saturated heterocycles. The van der Waals surface area contributed by atoms with Gasteiger partial charge in [0.2, 0.25) is 11.0 Å². The van der Waals surface area contributed by atoms with E-state index in [4.69, 9.17) is 0 Å². The van der Waals surface area contributed by atoms with Crippen LogP contribution in [0.3, 0.4) is 0 Å². The van der Waals surface area contributed by atoms with E-state index in [1.807, 2.05) is 11.9 Å². The summed E-state index contributed by atoms with van der Waals surface area (Å²) < 4.78 is 41.0. The zero-order valence-electron chi connectivity index (χ0n) is 10.7. The van der Waals surface area contributed by atoms with Gasteiger partial charge in [0.25, 0.3) is 0 Å². The molecule has 2 rings (SSSR count). The van der Waals surface area contributed by atoms with Gasteiger partial charge in [-0.1, -0.05) is 0 Å². The molecule has 4 nitrogen and oxygen atoms in total. The van der Waals surface area contributed by atoms with Crippen molar-refractivity contribution in [2.75, 3.05) is 25.0 Å². The smallest absolute Gasteiger partial charge is 0.344 e. The van der Waals surface area contributed by atoms with E-state index < -0.39 is 12.0 Å². The van der Waals surface area contributed by atoms with E-state index in [-0.39, 0.29) is 6.04 Å². The van der Waals surface area contributed by atoms with Crippen molar-refractivity contribution in [3.63, 3.8) is 0 Å². The highest BCUT2D eigenvalue weighted by Gasteiger charge is 2.37. The summed E-state index contributed by atoms with van der Waals surface area (Å²) in [5.41, 5.74) is 0. The van der Waals surface area contributed by atoms with E-state index in [9.17, 15) is 13.2 Å². The lowest BCUT2D eigenvalue weighted by molar-refractivity contribution is -0.144. The van der Waals surface area contributed by atoms with E-state index in [1.165, 1.54) is 0 Å². The van der Waals surface area contributed by atoms with Crippen molar-refractivity contribution in [2.45, 2.75) is 37.9 Å². The highest BCUT2D eigenvalue weighted by molar-refractivity contribution is 7.09. The number of rotatable bonds is 4. The summed E-state index contributed by atoms with van der Waals surface area (Å²) >= 11 is 0.845. The number of nitrogens with zero attached hydrogens (tertiary/aromatic N) is 3. The highest BCUT2D eigenvalue weighted by atomic mass is 32.1. The largest absolute Gasteiger partial charge is 0.452 e. The first-order valence-electron chi connectivity index (χ1n) is 6.34. The Hall–Kier alpha value is -0.890. The standard InChI is InChI=1S/C11H17F3N4S/c1-15-6-5-8-4-2-3-7-18(8)10-16-9(17-19-10)11(12,13)14/h8,15H,2-7H2,1H3. The van der Waals surface area contributed by atoms with Gasteiger partial charge in [-0.15, -0.1) is 0 Å². The Balaban J connectivity index is 2.11. The molecule has 1 aromatic rings. The summed E-state index contributed by atoms with van der Waals surface area (Å²) in [6, 6.07) is 0.259. The predicted molar refractivity (Wildman–Crippen MR) is 68.4 cm³/mol. The van der Waals surface area contributed by atoms with Gasteiger partial charge in [0, 0.05) is 24.1 Å². The molecule has 0 aliphatic carbocycles. The first-order chi connectivity index (χ1) is 9.02. The van der Waals surface area contributed by atoms with Gasteiger partial charge in [-0.2, -0.15) is 22.5 Å². The van der Waals surface area contributed by atoms with Crippen molar-refractivity contribution in [2.24, 2.45) is 0 Å². The van der Waals surface area contributed by atoms with E-state index in [0.717, 1.165) is 50.3 Å². The summed E-state index contributed by atoms with van der Waals surface area (Å²) in [5, 5.41) is 3.47. The number of aromatic nitrogens is 2. The number of anilines is 1. The molecule has 19 heavy (non-hydrogen) atoms. The molecule has 0 spiro atoms. The minimum atomic E-state index is -4.45. The van der Waals surface area contributed by atoms with Gasteiger partial charge < -0.3 is 10.2 Å². The van der Waals surface area contributed by atoms with Crippen LogP contribution in [0.1, 0.15) is 31.5 Å². The third-order valence-corrected chi connectivity index (χ3v) is 4.02. The molecule has 2 heterocycles. The minimum absolute atomic E-state index is 0.259. The fraction of sp³-hybridized carbons (Fsp3) is 0.818. The number of hydrogen-bond donors (Lipinski definition) is 1. The SMILES string of the molecule is CNCCC1CCCCN1c1nc(C(F)(F)F)ns1. The number of alkyl halides is 3. The molecule has 8 heteroatoms. The second-order valence-electron chi connectivity index (χ2n) is 4.63. The topological polar surface area (TPSA) is 41.0 Å². The second kappa shape index (κ2) is 6.04. The van der Waals surface area contributed by atoms with Crippen LogP contribution in [0.15, 0.2) is 0 Å². The Bertz CT molecular complexity index is 407. The van der Waals surface area contributed by atoms with Gasteiger partial charge in [0.05, 0.1) is 0 Å². The first kappa shape index (κ1) is 14.5. The normalized spacial score (nSPS) is 20.8. The minimum Gasteiger partial charge on any atom is -0.344 e. The highest BCUT2D eigenvalue weighted by Crippen LogP contribution is 2.33. The average molecular weight is 294 g/mol. The van der Waals surface area contributed by atoms with Crippen LogP contribution in [-0.2, 0) is 6.18 Å². The molecule has 0 amide bonds. The van der Waals surface area contributed by atoms with Gasteiger partial charge in [0.15, 0.2) is 0 Å². The molecule has 1 atom stereocenters. The van der Waals surface area contributed by atoms with Crippen LogP contribution in [0, 0.1) is 0 Å². The Labute approximate surface area is 114 Å². The molecular weight excluding hydrogens is 277 g/mol. The van der Waals surface area contributed by atoms with Gasteiger partial charge in [-0.05, 0) is 39.3 Å². The summed E-state index contributed by atoms with van der Waals surface area (Å²) in [5.74, 6) is -1.02. The van der Waals surface area contributed by atoms with Gasteiger partial charge in [0.1, 0.15) is 0 Å². The lowest BCUT2D eigenvalue weighted by atomic mass is 10.00. The van der Waals surface area contributed by atoms with Crippen molar-refractivity contribution in [1.82, 2.24) is 14.7 Å². The van der Waals surface area contributed by atoms with E-state index >= 15 is 0 Å². The number of hydrogen-bond acceptors (Lipinski definition) is 5. The lowest BCUT2D eigenvalue weighted by Gasteiger charge is -2.35. The van der Waals surface area contributed by atoms with Gasteiger partial charge in [-0.3, -0.25) is 0 Å². The van der Waals surface area contributed by atoms with E-state index in [0.29, 0.717) is 5.13 Å². The molecule has 108 valence electrons. The quantitative estimate of drug-likeness (QED) is 0.926. The third kappa shape index (κ3) is 3.56. The zero-order chi connectivity index (χ0) is 13.9. The summed E-state index contributed by atoms with van der Waals surface area (Å²) in [7, 11) is 1.87. The maximum atomic E-state index is 12.5. The molecule has 0 bridgehead atoms. The number of nitrogens with one attached hydrogen (secondary N) is 1. The Morgan fingerprint density at radius 3 is 2.84 bits per heavy atom. The Kier molecular flexibility index (Phi) is 4.62. The van der Waals surface area contributed by atoms with Crippen LogP contribution in [0.4, 0.5) is 18.3 Å². The summed E-state index contributed by atoms with van der Waals surface area (Å²) in [6.45, 7) is 1.62.